The SMILES string of the molecule is Cn1c(CO)nc2ccc(B3OC(C)(C)C(C)(C)O3)cc21. The summed E-state index contributed by atoms with van der Waals surface area (Å²) in [4.78, 5) is 4.39. The van der Waals surface area contributed by atoms with E-state index >= 15 is 0 Å². The summed E-state index contributed by atoms with van der Waals surface area (Å²) in [6.45, 7) is 8.09. The molecule has 2 heterocycles. The molecule has 1 aliphatic rings. The average Bonchev–Trinajstić information content (AvgIpc) is 2.84. The first-order valence-corrected chi connectivity index (χ1v) is 7.17. The standard InChI is InChI=1S/C15H21BN2O3/c1-14(2)15(3,4)21-16(20-14)10-6-7-11-12(8-10)18(5)13(9-19)17-11/h6-8,19H,9H2,1-5H3. The van der Waals surface area contributed by atoms with E-state index in [1.54, 1.807) is 0 Å². The van der Waals surface area contributed by atoms with Crippen LogP contribution in [0.2, 0.25) is 0 Å². The largest absolute Gasteiger partial charge is 0.494 e. The van der Waals surface area contributed by atoms with E-state index < -0.39 is 0 Å². The number of aromatic nitrogens is 2. The molecule has 3 rings (SSSR count). The smallest absolute Gasteiger partial charge is 0.399 e. The third-order valence-electron chi connectivity index (χ3n) is 4.66. The molecule has 1 fully saturated rings. The number of aliphatic hydroxyl groups is 1. The fourth-order valence-electron chi connectivity index (χ4n) is 2.52. The van der Waals surface area contributed by atoms with Crippen molar-refractivity contribution in [3.63, 3.8) is 0 Å². The van der Waals surface area contributed by atoms with E-state index in [1.165, 1.54) is 0 Å². The van der Waals surface area contributed by atoms with Gasteiger partial charge in [0.2, 0.25) is 0 Å². The topological polar surface area (TPSA) is 56.5 Å². The molecule has 1 saturated heterocycles. The molecule has 1 aromatic carbocycles. The van der Waals surface area contributed by atoms with Crippen LogP contribution in [0.3, 0.4) is 0 Å². The molecule has 112 valence electrons. The van der Waals surface area contributed by atoms with Crippen LogP contribution in [0.25, 0.3) is 11.0 Å². The molecule has 1 aromatic heterocycles. The molecule has 0 bridgehead atoms. The number of imidazole rings is 1. The normalized spacial score (nSPS) is 20.4. The van der Waals surface area contributed by atoms with E-state index in [2.05, 4.69) is 4.98 Å². The molecule has 2 aromatic rings. The van der Waals surface area contributed by atoms with Gasteiger partial charge in [0, 0.05) is 7.05 Å². The van der Waals surface area contributed by atoms with Crippen LogP contribution in [0.1, 0.15) is 33.5 Å². The number of hydrogen-bond donors (Lipinski definition) is 1. The van der Waals surface area contributed by atoms with Crippen molar-refractivity contribution in [2.24, 2.45) is 7.05 Å². The number of benzene rings is 1. The number of aliphatic hydroxyl groups excluding tert-OH is 1. The van der Waals surface area contributed by atoms with Crippen molar-refractivity contribution < 1.29 is 14.4 Å². The molecule has 0 amide bonds. The Morgan fingerprint density at radius 1 is 1.19 bits per heavy atom. The van der Waals surface area contributed by atoms with Gasteiger partial charge in [-0.05, 0) is 45.3 Å². The Balaban J connectivity index is 2.01. The van der Waals surface area contributed by atoms with E-state index in [1.807, 2.05) is 57.5 Å². The first-order chi connectivity index (χ1) is 9.75. The van der Waals surface area contributed by atoms with Crippen LogP contribution < -0.4 is 5.46 Å². The van der Waals surface area contributed by atoms with Crippen molar-refractivity contribution >= 4 is 23.6 Å². The summed E-state index contributed by atoms with van der Waals surface area (Å²) in [6.07, 6.45) is 0. The number of aryl methyl sites for hydroxylation is 1. The number of rotatable bonds is 2. The Hall–Kier alpha value is -1.37. The molecule has 0 unspecified atom stereocenters. The second kappa shape index (κ2) is 4.56. The summed E-state index contributed by atoms with van der Waals surface area (Å²) >= 11 is 0. The predicted octanol–water partition coefficient (Wildman–Crippen LogP) is 1.36. The summed E-state index contributed by atoms with van der Waals surface area (Å²) in [5.41, 5.74) is 2.09. The van der Waals surface area contributed by atoms with Gasteiger partial charge < -0.3 is 19.0 Å². The highest BCUT2D eigenvalue weighted by Crippen LogP contribution is 2.36. The van der Waals surface area contributed by atoms with Gasteiger partial charge in [-0.1, -0.05) is 6.07 Å². The minimum absolute atomic E-state index is 0.0724. The maximum absolute atomic E-state index is 9.30. The van der Waals surface area contributed by atoms with Crippen molar-refractivity contribution in [3.8, 4) is 0 Å². The lowest BCUT2D eigenvalue weighted by atomic mass is 9.79. The Bertz CT molecular complexity index is 678. The lowest BCUT2D eigenvalue weighted by molar-refractivity contribution is 0.00578. The summed E-state index contributed by atoms with van der Waals surface area (Å²) in [5.74, 6) is 0.649. The van der Waals surface area contributed by atoms with E-state index in [0.717, 1.165) is 16.5 Å². The van der Waals surface area contributed by atoms with Gasteiger partial charge in [0.05, 0.1) is 22.2 Å². The molecule has 0 aliphatic carbocycles. The van der Waals surface area contributed by atoms with Gasteiger partial charge in [-0.3, -0.25) is 0 Å². The van der Waals surface area contributed by atoms with E-state index in [0.29, 0.717) is 5.82 Å². The van der Waals surface area contributed by atoms with Gasteiger partial charge in [-0.2, -0.15) is 0 Å². The predicted molar refractivity (Wildman–Crippen MR) is 82.4 cm³/mol. The molecule has 0 spiro atoms. The Morgan fingerprint density at radius 3 is 2.38 bits per heavy atom. The summed E-state index contributed by atoms with van der Waals surface area (Å²) in [7, 11) is 1.52. The van der Waals surface area contributed by atoms with Crippen molar-refractivity contribution in [2.75, 3.05) is 0 Å². The second-order valence-corrected chi connectivity index (χ2v) is 6.58. The van der Waals surface area contributed by atoms with Gasteiger partial charge in [-0.15, -0.1) is 0 Å². The van der Waals surface area contributed by atoms with Crippen molar-refractivity contribution in [1.29, 1.82) is 0 Å². The highest BCUT2D eigenvalue weighted by Gasteiger charge is 2.51. The minimum Gasteiger partial charge on any atom is -0.399 e. The van der Waals surface area contributed by atoms with Crippen LogP contribution in [0, 0.1) is 0 Å². The molecule has 1 aliphatic heterocycles. The van der Waals surface area contributed by atoms with Gasteiger partial charge in [0.1, 0.15) is 12.4 Å². The number of fused-ring (bicyclic) bond motifs is 1. The molecule has 21 heavy (non-hydrogen) atoms. The fraction of sp³-hybridized carbons (Fsp3) is 0.533. The van der Waals surface area contributed by atoms with Crippen LogP contribution in [0.15, 0.2) is 18.2 Å². The van der Waals surface area contributed by atoms with E-state index in [4.69, 9.17) is 9.31 Å². The third-order valence-corrected chi connectivity index (χ3v) is 4.66. The molecule has 6 heteroatoms. The summed E-state index contributed by atoms with van der Waals surface area (Å²) in [5, 5.41) is 9.30. The molecule has 1 N–H and O–H groups in total. The fourth-order valence-corrected chi connectivity index (χ4v) is 2.52. The minimum atomic E-state index is -0.383. The molecule has 0 radical (unpaired) electrons. The molecular formula is C15H21BN2O3. The zero-order valence-electron chi connectivity index (χ0n) is 13.2. The average molecular weight is 288 g/mol. The van der Waals surface area contributed by atoms with Gasteiger partial charge in [-0.25, -0.2) is 4.98 Å². The highest BCUT2D eigenvalue weighted by atomic mass is 16.7. The van der Waals surface area contributed by atoms with Crippen LogP contribution in [-0.4, -0.2) is 33.0 Å². The maximum atomic E-state index is 9.30. The molecule has 0 saturated carbocycles. The van der Waals surface area contributed by atoms with Crippen molar-refractivity contribution in [2.45, 2.75) is 45.5 Å². The van der Waals surface area contributed by atoms with Crippen LogP contribution in [0.5, 0.6) is 0 Å². The molecular weight excluding hydrogens is 267 g/mol. The van der Waals surface area contributed by atoms with Gasteiger partial charge >= 0.3 is 7.12 Å². The molecule has 5 nitrogen and oxygen atoms in total. The first-order valence-electron chi connectivity index (χ1n) is 7.17. The summed E-state index contributed by atoms with van der Waals surface area (Å²) in [6, 6.07) is 5.93. The quantitative estimate of drug-likeness (QED) is 0.848. The monoisotopic (exact) mass is 288 g/mol. The van der Waals surface area contributed by atoms with Crippen molar-refractivity contribution in [1.82, 2.24) is 9.55 Å². The Morgan fingerprint density at radius 2 is 1.81 bits per heavy atom. The summed E-state index contributed by atoms with van der Waals surface area (Å²) < 4.78 is 14.0. The first kappa shape index (κ1) is 14.6. The maximum Gasteiger partial charge on any atom is 0.494 e. The van der Waals surface area contributed by atoms with E-state index in [-0.39, 0.29) is 24.9 Å². The zero-order chi connectivity index (χ0) is 15.4. The second-order valence-electron chi connectivity index (χ2n) is 6.58. The Labute approximate surface area is 125 Å². The zero-order valence-corrected chi connectivity index (χ0v) is 13.2. The lowest BCUT2D eigenvalue weighted by Gasteiger charge is -2.32. The Kier molecular flexibility index (Phi) is 3.17. The lowest BCUT2D eigenvalue weighted by Crippen LogP contribution is -2.41. The molecule has 0 atom stereocenters. The third kappa shape index (κ3) is 2.18. The van der Waals surface area contributed by atoms with Crippen LogP contribution in [0.4, 0.5) is 0 Å². The number of nitrogens with zero attached hydrogens (tertiary/aromatic N) is 2. The van der Waals surface area contributed by atoms with Gasteiger partial charge in [0.15, 0.2) is 0 Å². The highest BCUT2D eigenvalue weighted by molar-refractivity contribution is 6.62. The number of hydrogen-bond acceptors (Lipinski definition) is 4. The van der Waals surface area contributed by atoms with Crippen LogP contribution >= 0.6 is 0 Å². The van der Waals surface area contributed by atoms with E-state index in [9.17, 15) is 5.11 Å². The van der Waals surface area contributed by atoms with Crippen LogP contribution in [-0.2, 0) is 23.0 Å². The van der Waals surface area contributed by atoms with Gasteiger partial charge in [0.25, 0.3) is 0 Å². The van der Waals surface area contributed by atoms with Crippen molar-refractivity contribution in [3.05, 3.63) is 24.0 Å².